The molecule has 1 aliphatic heterocycles. The number of nitrogens with one attached hydrogen (secondary N) is 1. The van der Waals surface area contributed by atoms with Crippen molar-refractivity contribution in [2.45, 2.75) is 25.7 Å². The molecule has 1 aliphatic rings. The third kappa shape index (κ3) is 3.57. The summed E-state index contributed by atoms with van der Waals surface area (Å²) in [5.41, 5.74) is 2.15. The number of fused-ring (bicyclic) bond motifs is 1. The van der Waals surface area contributed by atoms with Gasteiger partial charge in [0.2, 0.25) is 10.0 Å². The lowest BCUT2D eigenvalue weighted by atomic mass is 9.90. The summed E-state index contributed by atoms with van der Waals surface area (Å²) >= 11 is 0. The summed E-state index contributed by atoms with van der Waals surface area (Å²) in [6, 6.07) is 4.01. The minimum atomic E-state index is -3.20. The Balaban J connectivity index is 1.64. The normalized spacial score (nSPS) is 17.8. The Hall–Kier alpha value is -1.44. The van der Waals surface area contributed by atoms with Gasteiger partial charge in [-0.05, 0) is 43.4 Å². The molecule has 3 heterocycles. The van der Waals surface area contributed by atoms with E-state index in [0.717, 1.165) is 23.9 Å². The largest absolute Gasteiger partial charge is 0.381 e. The second kappa shape index (κ2) is 6.98. The summed E-state index contributed by atoms with van der Waals surface area (Å²) in [4.78, 5) is 7.52. The molecule has 0 atom stereocenters. The van der Waals surface area contributed by atoms with Crippen LogP contribution in [0.3, 0.4) is 0 Å². The van der Waals surface area contributed by atoms with Crippen molar-refractivity contribution < 1.29 is 13.2 Å². The van der Waals surface area contributed by atoms with Crippen LogP contribution in [0.5, 0.6) is 0 Å². The molecule has 1 N–H and O–H groups in total. The summed E-state index contributed by atoms with van der Waals surface area (Å²) in [6.45, 7) is 3.84. The van der Waals surface area contributed by atoms with E-state index in [9.17, 15) is 8.42 Å². The molecule has 23 heavy (non-hydrogen) atoms. The van der Waals surface area contributed by atoms with Crippen molar-refractivity contribution in [3.8, 4) is 0 Å². The SMILES string of the molecule is CCOCCS(=O)(=O)N1CCC(c2c[nH]c3ncccc23)CC1. The summed E-state index contributed by atoms with van der Waals surface area (Å²) in [5, 5.41) is 1.14. The number of piperidine rings is 1. The van der Waals surface area contributed by atoms with E-state index in [1.54, 1.807) is 10.5 Å². The second-order valence-electron chi connectivity index (χ2n) is 5.83. The number of nitrogens with zero attached hydrogens (tertiary/aromatic N) is 2. The van der Waals surface area contributed by atoms with Gasteiger partial charge in [-0.1, -0.05) is 0 Å². The van der Waals surface area contributed by atoms with Gasteiger partial charge in [0.05, 0.1) is 12.4 Å². The molecule has 0 spiro atoms. The summed E-state index contributed by atoms with van der Waals surface area (Å²) in [5.74, 6) is 0.453. The first-order chi connectivity index (χ1) is 11.1. The molecule has 0 radical (unpaired) electrons. The Morgan fingerprint density at radius 3 is 2.91 bits per heavy atom. The molecule has 126 valence electrons. The zero-order chi connectivity index (χ0) is 16.3. The molecule has 3 rings (SSSR count). The van der Waals surface area contributed by atoms with Crippen LogP contribution < -0.4 is 0 Å². The first-order valence-corrected chi connectivity index (χ1v) is 9.70. The second-order valence-corrected chi connectivity index (χ2v) is 7.92. The maximum Gasteiger partial charge on any atom is 0.216 e. The van der Waals surface area contributed by atoms with Gasteiger partial charge in [-0.25, -0.2) is 17.7 Å². The first kappa shape index (κ1) is 16.4. The van der Waals surface area contributed by atoms with Crippen LogP contribution in [0.4, 0.5) is 0 Å². The average molecular weight is 337 g/mol. The van der Waals surface area contributed by atoms with Gasteiger partial charge in [-0.3, -0.25) is 0 Å². The fourth-order valence-corrected chi connectivity index (χ4v) is 4.55. The molecule has 7 heteroatoms. The van der Waals surface area contributed by atoms with E-state index in [4.69, 9.17) is 4.74 Å². The van der Waals surface area contributed by atoms with E-state index >= 15 is 0 Å². The molecular weight excluding hydrogens is 314 g/mol. The van der Waals surface area contributed by atoms with Gasteiger partial charge in [0.25, 0.3) is 0 Å². The lowest BCUT2D eigenvalue weighted by Gasteiger charge is -2.31. The van der Waals surface area contributed by atoms with Gasteiger partial charge in [0.1, 0.15) is 5.65 Å². The van der Waals surface area contributed by atoms with Crippen LogP contribution in [0, 0.1) is 0 Å². The van der Waals surface area contributed by atoms with Gasteiger partial charge in [0.15, 0.2) is 0 Å². The maximum absolute atomic E-state index is 12.3. The highest BCUT2D eigenvalue weighted by Crippen LogP contribution is 2.33. The monoisotopic (exact) mass is 337 g/mol. The highest BCUT2D eigenvalue weighted by Gasteiger charge is 2.29. The van der Waals surface area contributed by atoms with Crippen molar-refractivity contribution in [1.29, 1.82) is 0 Å². The maximum atomic E-state index is 12.3. The third-order valence-electron chi connectivity index (χ3n) is 4.46. The molecule has 0 unspecified atom stereocenters. The molecule has 0 bridgehead atoms. The van der Waals surface area contributed by atoms with E-state index in [1.165, 1.54) is 5.56 Å². The number of aromatic amines is 1. The van der Waals surface area contributed by atoms with Crippen LogP contribution >= 0.6 is 0 Å². The van der Waals surface area contributed by atoms with E-state index < -0.39 is 10.0 Å². The molecular formula is C16H23N3O3S. The quantitative estimate of drug-likeness (QED) is 0.819. The number of pyridine rings is 1. The van der Waals surface area contributed by atoms with Gasteiger partial charge in [-0.2, -0.15) is 0 Å². The van der Waals surface area contributed by atoms with Crippen LogP contribution in [-0.2, 0) is 14.8 Å². The Labute approximate surface area is 136 Å². The van der Waals surface area contributed by atoms with Crippen LogP contribution in [0.1, 0.15) is 31.2 Å². The molecule has 0 saturated carbocycles. The lowest BCUT2D eigenvalue weighted by Crippen LogP contribution is -2.40. The number of ether oxygens (including phenoxy) is 1. The minimum Gasteiger partial charge on any atom is -0.381 e. The molecule has 1 fully saturated rings. The predicted molar refractivity (Wildman–Crippen MR) is 89.9 cm³/mol. The Morgan fingerprint density at radius 2 is 2.17 bits per heavy atom. The molecule has 0 amide bonds. The van der Waals surface area contributed by atoms with Crippen molar-refractivity contribution in [3.05, 3.63) is 30.1 Å². The van der Waals surface area contributed by atoms with Crippen LogP contribution in [0.15, 0.2) is 24.5 Å². The van der Waals surface area contributed by atoms with Gasteiger partial charge in [0, 0.05) is 37.5 Å². The van der Waals surface area contributed by atoms with E-state index in [1.807, 2.05) is 19.2 Å². The molecule has 6 nitrogen and oxygen atoms in total. The van der Waals surface area contributed by atoms with E-state index in [2.05, 4.69) is 16.0 Å². The van der Waals surface area contributed by atoms with Crippen molar-refractivity contribution >= 4 is 21.1 Å². The summed E-state index contributed by atoms with van der Waals surface area (Å²) < 4.78 is 31.4. The van der Waals surface area contributed by atoms with Gasteiger partial charge >= 0.3 is 0 Å². The van der Waals surface area contributed by atoms with Crippen molar-refractivity contribution in [2.24, 2.45) is 0 Å². The van der Waals surface area contributed by atoms with Crippen molar-refractivity contribution in [2.75, 3.05) is 32.1 Å². The zero-order valence-corrected chi connectivity index (χ0v) is 14.2. The smallest absolute Gasteiger partial charge is 0.216 e. The fourth-order valence-electron chi connectivity index (χ4n) is 3.20. The zero-order valence-electron chi connectivity index (χ0n) is 13.4. The lowest BCUT2D eigenvalue weighted by molar-refractivity contribution is 0.162. The van der Waals surface area contributed by atoms with E-state index in [0.29, 0.717) is 25.6 Å². The van der Waals surface area contributed by atoms with Crippen LogP contribution in [0.2, 0.25) is 0 Å². The standard InChI is InChI=1S/C16H23N3O3S/c1-2-22-10-11-23(20,21)19-8-5-13(6-9-19)15-12-18-16-14(15)4-3-7-17-16/h3-4,7,12-13H,2,5-6,8-11H2,1H3,(H,17,18). The van der Waals surface area contributed by atoms with Crippen LogP contribution in [-0.4, -0.2) is 54.7 Å². The highest BCUT2D eigenvalue weighted by atomic mass is 32.2. The molecule has 0 aromatic carbocycles. The molecule has 2 aromatic rings. The third-order valence-corrected chi connectivity index (χ3v) is 6.29. The summed E-state index contributed by atoms with van der Waals surface area (Å²) in [7, 11) is -3.20. The van der Waals surface area contributed by atoms with Gasteiger partial charge in [-0.15, -0.1) is 0 Å². The Kier molecular flexibility index (Phi) is 4.99. The fraction of sp³-hybridized carbons (Fsp3) is 0.562. The minimum absolute atomic E-state index is 0.0719. The number of aromatic nitrogens is 2. The van der Waals surface area contributed by atoms with E-state index in [-0.39, 0.29) is 12.4 Å². The van der Waals surface area contributed by atoms with Crippen LogP contribution in [0.25, 0.3) is 11.0 Å². The topological polar surface area (TPSA) is 75.3 Å². The summed E-state index contributed by atoms with van der Waals surface area (Å²) in [6.07, 6.45) is 5.48. The number of sulfonamides is 1. The number of hydrogen-bond acceptors (Lipinski definition) is 4. The predicted octanol–water partition coefficient (Wildman–Crippen LogP) is 2.11. The first-order valence-electron chi connectivity index (χ1n) is 8.09. The van der Waals surface area contributed by atoms with Gasteiger partial charge < -0.3 is 9.72 Å². The number of H-pyrrole nitrogens is 1. The number of hydrogen-bond donors (Lipinski definition) is 1. The molecule has 2 aromatic heterocycles. The van der Waals surface area contributed by atoms with Crippen molar-refractivity contribution in [3.63, 3.8) is 0 Å². The van der Waals surface area contributed by atoms with Crippen molar-refractivity contribution in [1.82, 2.24) is 14.3 Å². The molecule has 1 saturated heterocycles. The Bertz CT molecular complexity index is 749. The average Bonchev–Trinajstić information content (AvgIpc) is 2.99. The molecule has 0 aliphatic carbocycles. The number of rotatable bonds is 6. The Morgan fingerprint density at radius 1 is 1.39 bits per heavy atom. The highest BCUT2D eigenvalue weighted by molar-refractivity contribution is 7.89.